The summed E-state index contributed by atoms with van der Waals surface area (Å²) in [5.41, 5.74) is 6.79. The summed E-state index contributed by atoms with van der Waals surface area (Å²) < 4.78 is 6.20. The maximum absolute atomic E-state index is 6.20. The Morgan fingerprint density at radius 1 is 0.306 bits per heavy atom. The molecule has 0 aliphatic carbocycles. The second kappa shape index (κ2) is 11.0. The molecule has 10 rings (SSSR count). The van der Waals surface area contributed by atoms with Crippen LogP contribution >= 0.6 is 0 Å². The minimum absolute atomic E-state index is 0.633. The average molecular weight is 626 g/mol. The maximum Gasteiger partial charge on any atom is 0.164 e. The second-order valence-corrected chi connectivity index (χ2v) is 12.5. The van der Waals surface area contributed by atoms with Gasteiger partial charge in [0.05, 0.1) is 0 Å². The summed E-state index contributed by atoms with van der Waals surface area (Å²) in [6, 6.07) is 57.1. The number of aromatic nitrogens is 3. The molecule has 2 heterocycles. The van der Waals surface area contributed by atoms with Crippen LogP contribution in [0.15, 0.2) is 168 Å². The van der Waals surface area contributed by atoms with Crippen LogP contribution in [0.1, 0.15) is 0 Å². The van der Waals surface area contributed by atoms with Crippen molar-refractivity contribution in [2.75, 3.05) is 0 Å². The third kappa shape index (κ3) is 4.73. The zero-order valence-electron chi connectivity index (χ0n) is 26.3. The predicted molar refractivity (Wildman–Crippen MR) is 201 cm³/mol. The molecule has 0 spiro atoms. The quantitative estimate of drug-likeness (QED) is 0.195. The topological polar surface area (TPSA) is 51.8 Å². The van der Waals surface area contributed by atoms with E-state index in [1.165, 1.54) is 5.39 Å². The van der Waals surface area contributed by atoms with Gasteiger partial charge in [0.15, 0.2) is 17.5 Å². The molecule has 0 unspecified atom stereocenters. The van der Waals surface area contributed by atoms with Crippen LogP contribution in [-0.4, -0.2) is 15.0 Å². The van der Waals surface area contributed by atoms with E-state index in [1.54, 1.807) is 0 Å². The molecule has 2 aromatic heterocycles. The predicted octanol–water partition coefficient (Wildman–Crippen LogP) is 11.9. The molecular formula is C45H27N3O. The number of fused-ring (bicyclic) bond motifs is 6. The molecule has 0 fully saturated rings. The Hall–Kier alpha value is -6.65. The summed E-state index contributed by atoms with van der Waals surface area (Å²) in [5, 5.41) is 9.12. The maximum atomic E-state index is 6.20. The highest BCUT2D eigenvalue weighted by atomic mass is 16.3. The molecule has 228 valence electrons. The lowest BCUT2D eigenvalue weighted by Crippen LogP contribution is -2.01. The number of rotatable bonds is 4. The van der Waals surface area contributed by atoms with Gasteiger partial charge in [-0.15, -0.1) is 0 Å². The largest absolute Gasteiger partial charge is 0.456 e. The summed E-state index contributed by atoms with van der Waals surface area (Å²) in [4.78, 5) is 15.4. The van der Waals surface area contributed by atoms with Gasteiger partial charge in [-0.3, -0.25) is 0 Å². The monoisotopic (exact) mass is 625 g/mol. The van der Waals surface area contributed by atoms with Crippen molar-refractivity contribution in [1.82, 2.24) is 15.0 Å². The molecule has 4 nitrogen and oxygen atoms in total. The Morgan fingerprint density at radius 2 is 0.878 bits per heavy atom. The lowest BCUT2D eigenvalue weighted by Gasteiger charge is -2.14. The molecule has 4 heteroatoms. The lowest BCUT2D eigenvalue weighted by molar-refractivity contribution is 0.669. The minimum atomic E-state index is 0.633. The number of nitrogens with zero attached hydrogens (tertiary/aromatic N) is 3. The zero-order chi connectivity index (χ0) is 32.3. The van der Waals surface area contributed by atoms with Crippen molar-refractivity contribution < 1.29 is 4.42 Å². The Bertz CT molecular complexity index is 2890. The van der Waals surface area contributed by atoms with Gasteiger partial charge in [-0.1, -0.05) is 121 Å². The van der Waals surface area contributed by atoms with Crippen molar-refractivity contribution in [3.63, 3.8) is 0 Å². The standard InChI is InChI=1S/C45H27N3O/c1-2-11-29(12-3-1)43-46-44(35-21-18-28-10-4-5-13-30(28)22-35)48-45(47-43)40-25-32-15-7-6-14-31(32)24-38(40)34-20-19-33-27-42-39(26-36(33)23-34)37-16-8-9-17-41(37)49-42/h1-27H. The van der Waals surface area contributed by atoms with Gasteiger partial charge in [-0.2, -0.15) is 0 Å². The van der Waals surface area contributed by atoms with E-state index in [2.05, 4.69) is 121 Å². The van der Waals surface area contributed by atoms with E-state index in [-0.39, 0.29) is 0 Å². The van der Waals surface area contributed by atoms with Gasteiger partial charge in [-0.25, -0.2) is 15.0 Å². The first-order valence-corrected chi connectivity index (χ1v) is 16.4. The van der Waals surface area contributed by atoms with Gasteiger partial charge >= 0.3 is 0 Å². The average Bonchev–Trinajstić information content (AvgIpc) is 3.53. The van der Waals surface area contributed by atoms with Crippen LogP contribution in [0.25, 0.3) is 99.5 Å². The van der Waals surface area contributed by atoms with Crippen LogP contribution in [0.2, 0.25) is 0 Å². The van der Waals surface area contributed by atoms with E-state index in [1.807, 2.05) is 42.5 Å². The highest BCUT2D eigenvalue weighted by Gasteiger charge is 2.18. The fourth-order valence-corrected chi connectivity index (χ4v) is 6.97. The van der Waals surface area contributed by atoms with Crippen molar-refractivity contribution in [1.29, 1.82) is 0 Å². The Balaban J connectivity index is 1.21. The minimum Gasteiger partial charge on any atom is -0.456 e. The zero-order valence-corrected chi connectivity index (χ0v) is 26.3. The van der Waals surface area contributed by atoms with Gasteiger partial charge in [0.1, 0.15) is 11.2 Å². The van der Waals surface area contributed by atoms with Gasteiger partial charge in [0.2, 0.25) is 0 Å². The second-order valence-electron chi connectivity index (χ2n) is 12.5. The lowest BCUT2D eigenvalue weighted by atomic mass is 9.93. The molecule has 0 atom stereocenters. The van der Waals surface area contributed by atoms with Crippen LogP contribution in [0.5, 0.6) is 0 Å². The van der Waals surface area contributed by atoms with E-state index in [0.717, 1.165) is 76.7 Å². The SMILES string of the molecule is c1ccc(-c2nc(-c3ccc4ccccc4c3)nc(-c3cc4ccccc4cc3-c3ccc4cc5oc6ccccc6c5cc4c3)n2)cc1. The number of hydrogen-bond acceptors (Lipinski definition) is 4. The number of benzene rings is 8. The fraction of sp³-hybridized carbons (Fsp3) is 0. The summed E-state index contributed by atoms with van der Waals surface area (Å²) in [7, 11) is 0. The van der Waals surface area contributed by atoms with Gasteiger partial charge in [-0.05, 0) is 85.9 Å². The van der Waals surface area contributed by atoms with E-state index in [0.29, 0.717) is 17.5 Å². The third-order valence-corrected chi connectivity index (χ3v) is 9.45. The molecule has 8 aromatic carbocycles. The molecule has 0 amide bonds. The van der Waals surface area contributed by atoms with Crippen LogP contribution in [0.4, 0.5) is 0 Å². The highest BCUT2D eigenvalue weighted by molar-refractivity contribution is 6.10. The molecule has 0 N–H and O–H groups in total. The van der Waals surface area contributed by atoms with Gasteiger partial charge in [0, 0.05) is 27.5 Å². The molecule has 0 radical (unpaired) electrons. The van der Waals surface area contributed by atoms with Crippen molar-refractivity contribution in [3.8, 4) is 45.3 Å². The van der Waals surface area contributed by atoms with Crippen molar-refractivity contribution in [3.05, 3.63) is 164 Å². The van der Waals surface area contributed by atoms with Crippen LogP contribution in [-0.2, 0) is 0 Å². The summed E-state index contributed by atoms with van der Waals surface area (Å²) in [6.07, 6.45) is 0. The van der Waals surface area contributed by atoms with Crippen LogP contribution < -0.4 is 0 Å². The van der Waals surface area contributed by atoms with E-state index < -0.39 is 0 Å². The molecule has 0 aliphatic rings. The highest BCUT2D eigenvalue weighted by Crippen LogP contribution is 2.39. The molecule has 0 saturated heterocycles. The molecule has 0 aliphatic heterocycles. The van der Waals surface area contributed by atoms with Crippen LogP contribution in [0, 0.1) is 0 Å². The Morgan fingerprint density at radius 3 is 1.69 bits per heavy atom. The Kier molecular flexibility index (Phi) is 6.15. The van der Waals surface area contributed by atoms with Crippen LogP contribution in [0.3, 0.4) is 0 Å². The van der Waals surface area contributed by atoms with Crippen molar-refractivity contribution >= 4 is 54.3 Å². The smallest absolute Gasteiger partial charge is 0.164 e. The molecule has 10 aromatic rings. The summed E-state index contributed by atoms with van der Waals surface area (Å²) in [5.74, 6) is 1.91. The summed E-state index contributed by atoms with van der Waals surface area (Å²) in [6.45, 7) is 0. The van der Waals surface area contributed by atoms with E-state index in [4.69, 9.17) is 19.4 Å². The fourth-order valence-electron chi connectivity index (χ4n) is 6.97. The first-order chi connectivity index (χ1) is 24.2. The van der Waals surface area contributed by atoms with Gasteiger partial charge in [0.25, 0.3) is 0 Å². The molecule has 0 bridgehead atoms. The number of hydrogen-bond donors (Lipinski definition) is 0. The Labute approximate surface area is 282 Å². The van der Waals surface area contributed by atoms with Crippen molar-refractivity contribution in [2.45, 2.75) is 0 Å². The number of furan rings is 1. The van der Waals surface area contributed by atoms with Crippen molar-refractivity contribution in [2.24, 2.45) is 0 Å². The van der Waals surface area contributed by atoms with E-state index >= 15 is 0 Å². The third-order valence-electron chi connectivity index (χ3n) is 9.45. The first-order valence-electron chi connectivity index (χ1n) is 16.4. The van der Waals surface area contributed by atoms with Gasteiger partial charge < -0.3 is 4.42 Å². The molecule has 0 saturated carbocycles. The number of para-hydroxylation sites is 1. The first kappa shape index (κ1) is 27.5. The molecule has 49 heavy (non-hydrogen) atoms. The molecular weight excluding hydrogens is 599 g/mol. The summed E-state index contributed by atoms with van der Waals surface area (Å²) >= 11 is 0. The normalized spacial score (nSPS) is 11.7. The van der Waals surface area contributed by atoms with E-state index in [9.17, 15) is 0 Å².